The Hall–Kier alpha value is -0.890. The van der Waals surface area contributed by atoms with Crippen molar-refractivity contribution in [2.75, 3.05) is 0 Å². The first kappa shape index (κ1) is 21.0. The van der Waals surface area contributed by atoms with Gasteiger partial charge >= 0.3 is 0 Å². The van der Waals surface area contributed by atoms with Crippen molar-refractivity contribution in [1.82, 2.24) is 0 Å². The Morgan fingerprint density at radius 2 is 1.80 bits per heavy atom. The highest BCUT2D eigenvalue weighted by molar-refractivity contribution is 5.89. The maximum absolute atomic E-state index is 12.3. The SMILES string of the molecule is CC(C)[C@@H](C)/C=C/[C@@H](C)[C@H]1CC[C@H]2C3=CC[C@@]45O[C@H]4C(=O)CC[C@]5(C)C3CC[C@]12C. The second-order valence-electron chi connectivity index (χ2n) is 12.4. The predicted octanol–water partition coefficient (Wildman–Crippen LogP) is 6.75. The van der Waals surface area contributed by atoms with Crippen molar-refractivity contribution in [3.8, 4) is 0 Å². The number of ether oxygens (including phenoxy) is 1. The average molecular weight is 411 g/mol. The fourth-order valence-electron chi connectivity index (χ4n) is 8.37. The topological polar surface area (TPSA) is 29.6 Å². The Balaban J connectivity index is 1.39. The summed E-state index contributed by atoms with van der Waals surface area (Å²) in [6, 6.07) is 0. The lowest BCUT2D eigenvalue weighted by atomic mass is 9.47. The van der Waals surface area contributed by atoms with Gasteiger partial charge in [0, 0.05) is 11.8 Å². The molecule has 0 bridgehead atoms. The molecule has 5 aliphatic rings. The van der Waals surface area contributed by atoms with Gasteiger partial charge in [-0.05, 0) is 79.4 Å². The van der Waals surface area contributed by atoms with Gasteiger partial charge in [-0.2, -0.15) is 0 Å². The van der Waals surface area contributed by atoms with Crippen molar-refractivity contribution in [2.45, 2.75) is 98.2 Å². The molecular weight excluding hydrogens is 368 g/mol. The van der Waals surface area contributed by atoms with Gasteiger partial charge in [0.25, 0.3) is 0 Å². The van der Waals surface area contributed by atoms with Crippen LogP contribution in [0, 0.1) is 46.3 Å². The lowest BCUT2D eigenvalue weighted by Crippen LogP contribution is -2.54. The average Bonchev–Trinajstić information content (AvgIpc) is 3.35. The highest BCUT2D eigenvalue weighted by Gasteiger charge is 2.75. The summed E-state index contributed by atoms with van der Waals surface area (Å²) in [5.41, 5.74) is 2.22. The molecule has 4 aliphatic carbocycles. The van der Waals surface area contributed by atoms with E-state index in [1.165, 1.54) is 25.7 Å². The number of Topliss-reactive ketones (excluding diaryl/α,β-unsaturated/α-hetero) is 1. The van der Waals surface area contributed by atoms with Gasteiger partial charge in [-0.15, -0.1) is 0 Å². The Morgan fingerprint density at radius 1 is 1.03 bits per heavy atom. The van der Waals surface area contributed by atoms with Crippen LogP contribution >= 0.6 is 0 Å². The van der Waals surface area contributed by atoms with Crippen LogP contribution in [0.4, 0.5) is 0 Å². The zero-order valence-electron chi connectivity index (χ0n) is 20.0. The van der Waals surface area contributed by atoms with Crippen molar-refractivity contribution in [2.24, 2.45) is 46.3 Å². The zero-order chi connectivity index (χ0) is 21.5. The summed E-state index contributed by atoms with van der Waals surface area (Å²) in [6.45, 7) is 14.5. The molecule has 1 spiro atoms. The molecular formula is C28H42O2. The minimum atomic E-state index is -0.148. The van der Waals surface area contributed by atoms with Gasteiger partial charge in [0.2, 0.25) is 0 Å². The van der Waals surface area contributed by atoms with Gasteiger partial charge in [-0.3, -0.25) is 4.79 Å². The quantitative estimate of drug-likeness (QED) is 0.379. The van der Waals surface area contributed by atoms with Gasteiger partial charge in [0.1, 0.15) is 11.7 Å². The Morgan fingerprint density at radius 3 is 2.53 bits per heavy atom. The number of hydrogen-bond donors (Lipinski definition) is 0. The van der Waals surface area contributed by atoms with Crippen LogP contribution in [0.15, 0.2) is 23.8 Å². The number of carbonyl (C=O) groups excluding carboxylic acids is 1. The van der Waals surface area contributed by atoms with Gasteiger partial charge < -0.3 is 4.74 Å². The van der Waals surface area contributed by atoms with Crippen molar-refractivity contribution >= 4 is 5.78 Å². The predicted molar refractivity (Wildman–Crippen MR) is 122 cm³/mol. The van der Waals surface area contributed by atoms with Crippen LogP contribution in [0.5, 0.6) is 0 Å². The van der Waals surface area contributed by atoms with Crippen molar-refractivity contribution in [3.05, 3.63) is 23.8 Å². The third-order valence-corrected chi connectivity index (χ3v) is 10.8. The molecule has 0 aromatic carbocycles. The summed E-state index contributed by atoms with van der Waals surface area (Å²) in [5, 5.41) is 0. The molecule has 2 nitrogen and oxygen atoms in total. The molecule has 3 saturated carbocycles. The lowest BCUT2D eigenvalue weighted by Gasteiger charge is -2.56. The van der Waals surface area contributed by atoms with E-state index in [4.69, 9.17) is 4.74 Å². The standard InChI is InChI=1S/C28H42O2/c1-17(2)18(3)7-8-19(4)21-9-10-22-20-11-16-28-25(30-28)24(29)13-15-27(28,6)23(20)12-14-26(21,22)5/h7-8,11,17-19,21-23,25H,9-10,12-16H2,1-6H3/b8-7+/t18-,19+,21+,22-,23?,25-,26+,27+,28+/m0/s1. The first-order valence-electron chi connectivity index (χ1n) is 12.7. The number of epoxide rings is 1. The van der Waals surface area contributed by atoms with E-state index < -0.39 is 0 Å². The third kappa shape index (κ3) is 2.68. The van der Waals surface area contributed by atoms with Crippen LogP contribution in [-0.4, -0.2) is 17.5 Å². The van der Waals surface area contributed by atoms with E-state index in [1.54, 1.807) is 5.57 Å². The van der Waals surface area contributed by atoms with Crippen molar-refractivity contribution in [3.63, 3.8) is 0 Å². The van der Waals surface area contributed by atoms with E-state index >= 15 is 0 Å². The van der Waals surface area contributed by atoms with Crippen molar-refractivity contribution in [1.29, 1.82) is 0 Å². The second kappa shape index (κ2) is 6.80. The number of carbonyl (C=O) groups is 1. The Labute approximate surface area is 183 Å². The van der Waals surface area contributed by atoms with Crippen LogP contribution in [0.3, 0.4) is 0 Å². The normalized spacial score (nSPS) is 49.2. The van der Waals surface area contributed by atoms with E-state index in [2.05, 4.69) is 59.8 Å². The molecule has 1 heterocycles. The Kier molecular flexibility index (Phi) is 4.76. The second-order valence-corrected chi connectivity index (χ2v) is 12.4. The van der Waals surface area contributed by atoms with E-state index in [1.807, 2.05) is 0 Å². The van der Waals surface area contributed by atoms with Crippen LogP contribution < -0.4 is 0 Å². The lowest BCUT2D eigenvalue weighted by molar-refractivity contribution is -0.122. The minimum absolute atomic E-state index is 0.0909. The Bertz CT molecular complexity index is 792. The highest BCUT2D eigenvalue weighted by atomic mass is 16.6. The highest BCUT2D eigenvalue weighted by Crippen LogP contribution is 2.71. The molecule has 0 amide bonds. The first-order valence-corrected chi connectivity index (χ1v) is 12.7. The fourth-order valence-corrected chi connectivity index (χ4v) is 8.37. The number of rotatable bonds is 4. The maximum atomic E-state index is 12.3. The van der Waals surface area contributed by atoms with E-state index in [-0.39, 0.29) is 17.1 Å². The molecule has 166 valence electrons. The van der Waals surface area contributed by atoms with Gasteiger partial charge in [0.05, 0.1) is 0 Å². The van der Waals surface area contributed by atoms with Crippen LogP contribution in [0.25, 0.3) is 0 Å². The fraction of sp³-hybridized carbons (Fsp3) is 0.821. The molecule has 0 aromatic heterocycles. The number of fused-ring (bicyclic) bond motifs is 4. The summed E-state index contributed by atoms with van der Waals surface area (Å²) < 4.78 is 6.20. The first-order chi connectivity index (χ1) is 14.1. The van der Waals surface area contributed by atoms with Crippen molar-refractivity contribution < 1.29 is 9.53 Å². The zero-order valence-corrected chi connectivity index (χ0v) is 20.0. The van der Waals surface area contributed by atoms with Crippen LogP contribution in [-0.2, 0) is 9.53 Å². The summed E-state index contributed by atoms with van der Waals surface area (Å²) >= 11 is 0. The molecule has 2 heteroatoms. The smallest absolute Gasteiger partial charge is 0.164 e. The monoisotopic (exact) mass is 410 g/mol. The molecule has 4 fully saturated rings. The largest absolute Gasteiger partial charge is 0.357 e. The molecule has 0 N–H and O–H groups in total. The minimum Gasteiger partial charge on any atom is -0.357 e. The molecule has 5 rings (SSSR count). The summed E-state index contributed by atoms with van der Waals surface area (Å²) in [7, 11) is 0. The molecule has 9 atom stereocenters. The molecule has 1 saturated heterocycles. The maximum Gasteiger partial charge on any atom is 0.164 e. The number of hydrogen-bond acceptors (Lipinski definition) is 2. The number of ketones is 1. The number of allylic oxidation sites excluding steroid dienone is 3. The molecule has 1 unspecified atom stereocenters. The third-order valence-electron chi connectivity index (χ3n) is 10.8. The summed E-state index contributed by atoms with van der Waals surface area (Å²) in [6.07, 6.45) is 15.6. The molecule has 0 aromatic rings. The summed E-state index contributed by atoms with van der Waals surface area (Å²) in [4.78, 5) is 12.3. The summed E-state index contributed by atoms with van der Waals surface area (Å²) in [5.74, 6) is 4.56. The molecule has 0 radical (unpaired) electrons. The van der Waals surface area contributed by atoms with Crippen LogP contribution in [0.1, 0.15) is 86.5 Å². The van der Waals surface area contributed by atoms with Gasteiger partial charge in [-0.25, -0.2) is 0 Å². The molecule has 1 aliphatic heterocycles. The molecule has 30 heavy (non-hydrogen) atoms. The van der Waals surface area contributed by atoms with E-state index in [9.17, 15) is 4.79 Å². The van der Waals surface area contributed by atoms with Crippen LogP contribution in [0.2, 0.25) is 0 Å². The van der Waals surface area contributed by atoms with E-state index in [0.29, 0.717) is 34.9 Å². The van der Waals surface area contributed by atoms with Gasteiger partial charge in [0.15, 0.2) is 5.78 Å². The van der Waals surface area contributed by atoms with E-state index in [0.717, 1.165) is 31.1 Å². The van der Waals surface area contributed by atoms with Gasteiger partial charge in [-0.1, -0.05) is 65.3 Å².